The Balaban J connectivity index is 1.55. The van der Waals surface area contributed by atoms with Crippen LogP contribution in [0.4, 0.5) is 0 Å². The van der Waals surface area contributed by atoms with Crippen molar-refractivity contribution in [3.05, 3.63) is 60.2 Å². The molecule has 2 heterocycles. The number of carbonyl (C=O) groups is 1. The van der Waals surface area contributed by atoms with E-state index in [4.69, 9.17) is 0 Å². The highest BCUT2D eigenvalue weighted by Crippen LogP contribution is 2.11. The Morgan fingerprint density at radius 2 is 2.13 bits per heavy atom. The molecule has 1 aromatic carbocycles. The van der Waals surface area contributed by atoms with E-state index in [1.807, 2.05) is 43.3 Å². The van der Waals surface area contributed by atoms with Crippen molar-refractivity contribution in [2.75, 3.05) is 0 Å². The van der Waals surface area contributed by atoms with Crippen LogP contribution in [0.1, 0.15) is 24.7 Å². The van der Waals surface area contributed by atoms with Crippen LogP contribution >= 0.6 is 0 Å². The van der Waals surface area contributed by atoms with E-state index >= 15 is 0 Å². The summed E-state index contributed by atoms with van der Waals surface area (Å²) in [7, 11) is 0. The predicted octanol–water partition coefficient (Wildman–Crippen LogP) is 2.43. The number of benzene rings is 1. The highest BCUT2D eigenvalue weighted by Gasteiger charge is 2.06. The average molecular weight is 307 g/mol. The van der Waals surface area contributed by atoms with Gasteiger partial charge in [-0.3, -0.25) is 9.78 Å². The second kappa shape index (κ2) is 6.83. The second-order valence-electron chi connectivity index (χ2n) is 5.17. The Bertz CT molecular complexity index is 805. The van der Waals surface area contributed by atoms with E-state index in [0.29, 0.717) is 12.8 Å². The van der Waals surface area contributed by atoms with Gasteiger partial charge in [0.2, 0.25) is 5.91 Å². The molecule has 6 heteroatoms. The van der Waals surface area contributed by atoms with Gasteiger partial charge in [0.1, 0.15) is 5.82 Å². The molecular formula is C17H17N5O. The molecular weight excluding hydrogens is 290 g/mol. The average Bonchev–Trinajstić information content (AvgIpc) is 3.01. The third kappa shape index (κ3) is 3.79. The molecule has 0 aliphatic heterocycles. The zero-order chi connectivity index (χ0) is 16.1. The summed E-state index contributed by atoms with van der Waals surface area (Å²) in [6.45, 7) is 1.83. The van der Waals surface area contributed by atoms with Crippen molar-refractivity contribution in [1.29, 1.82) is 0 Å². The van der Waals surface area contributed by atoms with Gasteiger partial charge in [-0.1, -0.05) is 18.2 Å². The number of aryl methyl sites for hydroxylation is 1. The Morgan fingerprint density at radius 1 is 1.26 bits per heavy atom. The number of hydrogen-bond donors (Lipinski definition) is 2. The molecule has 2 aromatic heterocycles. The number of aromatic nitrogens is 3. The monoisotopic (exact) mass is 307 g/mol. The summed E-state index contributed by atoms with van der Waals surface area (Å²) in [4.78, 5) is 23.6. The molecule has 0 saturated carbocycles. The molecule has 0 aliphatic carbocycles. The summed E-state index contributed by atoms with van der Waals surface area (Å²) in [6.07, 6.45) is 4.27. The molecule has 116 valence electrons. The zero-order valence-electron chi connectivity index (χ0n) is 12.8. The third-order valence-corrected chi connectivity index (χ3v) is 3.45. The molecule has 3 rings (SSSR count). The number of para-hydroxylation sites is 2. The third-order valence-electron chi connectivity index (χ3n) is 3.45. The SMILES string of the molecule is CC(=NNC(=O)CCc1nc2ccccc2[nH]1)c1cccnc1. The van der Waals surface area contributed by atoms with Gasteiger partial charge in [0.25, 0.3) is 0 Å². The summed E-state index contributed by atoms with van der Waals surface area (Å²) in [5, 5.41) is 4.10. The molecule has 0 spiro atoms. The lowest BCUT2D eigenvalue weighted by atomic mass is 10.2. The molecule has 1 amide bonds. The van der Waals surface area contributed by atoms with E-state index in [9.17, 15) is 4.79 Å². The summed E-state index contributed by atoms with van der Waals surface area (Å²) in [5.74, 6) is 0.656. The van der Waals surface area contributed by atoms with E-state index < -0.39 is 0 Å². The van der Waals surface area contributed by atoms with Gasteiger partial charge in [0.15, 0.2) is 0 Å². The molecule has 0 fully saturated rings. The maximum absolute atomic E-state index is 11.9. The minimum atomic E-state index is -0.145. The minimum Gasteiger partial charge on any atom is -0.342 e. The number of rotatable bonds is 5. The number of aromatic amines is 1. The molecule has 0 unspecified atom stereocenters. The van der Waals surface area contributed by atoms with Crippen molar-refractivity contribution in [2.24, 2.45) is 5.10 Å². The van der Waals surface area contributed by atoms with Gasteiger partial charge in [-0.05, 0) is 25.1 Å². The lowest BCUT2D eigenvalue weighted by molar-refractivity contribution is -0.121. The molecule has 0 aliphatic rings. The number of carbonyl (C=O) groups excluding carboxylic acids is 1. The smallest absolute Gasteiger partial charge is 0.240 e. The number of hydrogen-bond acceptors (Lipinski definition) is 4. The summed E-state index contributed by atoms with van der Waals surface area (Å²) < 4.78 is 0. The van der Waals surface area contributed by atoms with Crippen molar-refractivity contribution >= 4 is 22.7 Å². The number of hydrazone groups is 1. The van der Waals surface area contributed by atoms with Gasteiger partial charge >= 0.3 is 0 Å². The number of pyridine rings is 1. The van der Waals surface area contributed by atoms with Gasteiger partial charge in [-0.25, -0.2) is 10.4 Å². The van der Waals surface area contributed by atoms with Gasteiger partial charge in [0, 0.05) is 30.8 Å². The lowest BCUT2D eigenvalue weighted by Crippen LogP contribution is -2.19. The fourth-order valence-electron chi connectivity index (χ4n) is 2.20. The van der Waals surface area contributed by atoms with Crippen LogP contribution in [0.15, 0.2) is 53.9 Å². The molecule has 0 saturated heterocycles. The molecule has 0 bridgehead atoms. The van der Waals surface area contributed by atoms with Crippen molar-refractivity contribution in [1.82, 2.24) is 20.4 Å². The van der Waals surface area contributed by atoms with E-state index in [1.54, 1.807) is 12.4 Å². The van der Waals surface area contributed by atoms with E-state index in [0.717, 1.165) is 28.1 Å². The maximum atomic E-state index is 11.9. The quantitative estimate of drug-likeness (QED) is 0.561. The maximum Gasteiger partial charge on any atom is 0.240 e. The standard InChI is InChI=1S/C17H17N5O/c1-12(13-5-4-10-18-11-13)21-22-17(23)9-8-16-19-14-6-2-3-7-15(14)20-16/h2-7,10-11H,8-9H2,1H3,(H,19,20)(H,22,23). The number of nitrogens with one attached hydrogen (secondary N) is 2. The molecule has 3 aromatic rings. The van der Waals surface area contributed by atoms with E-state index in [-0.39, 0.29) is 5.91 Å². The van der Waals surface area contributed by atoms with Crippen LogP contribution in [-0.2, 0) is 11.2 Å². The Labute approximate surface area is 133 Å². The number of nitrogens with zero attached hydrogens (tertiary/aromatic N) is 3. The molecule has 2 N–H and O–H groups in total. The van der Waals surface area contributed by atoms with Crippen LogP contribution in [0, 0.1) is 0 Å². The first-order chi connectivity index (χ1) is 11.2. The van der Waals surface area contributed by atoms with Crippen LogP contribution < -0.4 is 5.43 Å². The molecule has 0 atom stereocenters. The predicted molar refractivity (Wildman–Crippen MR) is 89.0 cm³/mol. The topological polar surface area (TPSA) is 83.0 Å². The van der Waals surface area contributed by atoms with Gasteiger partial charge in [-0.15, -0.1) is 0 Å². The number of imidazole rings is 1. The van der Waals surface area contributed by atoms with Gasteiger partial charge < -0.3 is 4.98 Å². The van der Waals surface area contributed by atoms with Crippen molar-refractivity contribution < 1.29 is 4.79 Å². The second-order valence-corrected chi connectivity index (χ2v) is 5.17. The molecule has 23 heavy (non-hydrogen) atoms. The normalized spacial score (nSPS) is 11.6. The number of amides is 1. The Hall–Kier alpha value is -3.02. The van der Waals surface area contributed by atoms with Crippen LogP contribution in [0.2, 0.25) is 0 Å². The Kier molecular flexibility index (Phi) is 4.42. The highest BCUT2D eigenvalue weighted by atomic mass is 16.2. The van der Waals surface area contributed by atoms with Gasteiger partial charge in [-0.2, -0.15) is 5.10 Å². The van der Waals surface area contributed by atoms with Crippen LogP contribution in [0.5, 0.6) is 0 Å². The van der Waals surface area contributed by atoms with Crippen molar-refractivity contribution in [2.45, 2.75) is 19.8 Å². The summed E-state index contributed by atoms with van der Waals surface area (Å²) in [6, 6.07) is 11.5. The first kappa shape index (κ1) is 14.9. The van der Waals surface area contributed by atoms with Crippen LogP contribution in [-0.4, -0.2) is 26.6 Å². The molecule has 0 radical (unpaired) electrons. The van der Waals surface area contributed by atoms with Crippen molar-refractivity contribution in [3.8, 4) is 0 Å². The summed E-state index contributed by atoms with van der Waals surface area (Å²) >= 11 is 0. The first-order valence-electron chi connectivity index (χ1n) is 7.39. The van der Waals surface area contributed by atoms with Gasteiger partial charge in [0.05, 0.1) is 16.7 Å². The number of fused-ring (bicyclic) bond motifs is 1. The Morgan fingerprint density at radius 3 is 2.91 bits per heavy atom. The largest absolute Gasteiger partial charge is 0.342 e. The van der Waals surface area contributed by atoms with Crippen molar-refractivity contribution in [3.63, 3.8) is 0 Å². The highest BCUT2D eigenvalue weighted by molar-refractivity contribution is 5.98. The van der Waals surface area contributed by atoms with Crippen LogP contribution in [0.3, 0.4) is 0 Å². The fourth-order valence-corrected chi connectivity index (χ4v) is 2.20. The minimum absolute atomic E-state index is 0.145. The lowest BCUT2D eigenvalue weighted by Gasteiger charge is -2.02. The molecule has 6 nitrogen and oxygen atoms in total. The van der Waals surface area contributed by atoms with E-state index in [2.05, 4.69) is 25.5 Å². The summed E-state index contributed by atoms with van der Waals surface area (Å²) in [5.41, 5.74) is 6.05. The number of H-pyrrole nitrogens is 1. The zero-order valence-corrected chi connectivity index (χ0v) is 12.8. The van der Waals surface area contributed by atoms with Crippen LogP contribution in [0.25, 0.3) is 11.0 Å². The first-order valence-corrected chi connectivity index (χ1v) is 7.39. The van der Waals surface area contributed by atoms with E-state index in [1.165, 1.54) is 0 Å². The fraction of sp³-hybridized carbons (Fsp3) is 0.176.